The van der Waals surface area contributed by atoms with Crippen LogP contribution in [-0.4, -0.2) is 4.98 Å². The first-order valence-electron chi connectivity index (χ1n) is 8.99. The average molecular weight is 405 g/mol. The number of nitrogens with one attached hydrogen (secondary N) is 2. The van der Waals surface area contributed by atoms with Crippen LogP contribution in [-0.2, 0) is 0 Å². The van der Waals surface area contributed by atoms with Crippen molar-refractivity contribution in [2.75, 3.05) is 10.6 Å². The van der Waals surface area contributed by atoms with E-state index in [2.05, 4.69) is 15.6 Å². The molecule has 4 N–H and O–H groups in total. The van der Waals surface area contributed by atoms with Crippen molar-refractivity contribution in [3.63, 3.8) is 0 Å². The van der Waals surface area contributed by atoms with Crippen LogP contribution < -0.4 is 16.4 Å². The van der Waals surface area contributed by atoms with Crippen LogP contribution in [0.2, 0.25) is 5.02 Å². The fourth-order valence-corrected chi connectivity index (χ4v) is 3.02. The number of pyridine rings is 1. The lowest BCUT2D eigenvalue weighted by Crippen LogP contribution is -2.03. The zero-order valence-electron chi connectivity index (χ0n) is 15.4. The Balaban J connectivity index is 1.58. The lowest BCUT2D eigenvalue weighted by molar-refractivity contribution is 0.628. The number of fused-ring (bicyclic) bond motifs is 1. The molecule has 0 fully saturated rings. The molecule has 0 aliphatic rings. The van der Waals surface area contributed by atoms with Gasteiger partial charge in [-0.15, -0.1) is 0 Å². The van der Waals surface area contributed by atoms with Gasteiger partial charge < -0.3 is 16.4 Å². The number of benzene rings is 3. The zero-order valence-corrected chi connectivity index (χ0v) is 16.1. The Bertz CT molecular complexity index is 1170. The van der Waals surface area contributed by atoms with Crippen molar-refractivity contribution in [1.82, 2.24) is 4.98 Å². The highest BCUT2D eigenvalue weighted by Crippen LogP contribution is 2.27. The molecule has 4 aromatic rings. The van der Waals surface area contributed by atoms with E-state index in [9.17, 15) is 4.39 Å². The number of hydrogen-bond donors (Lipinski definition) is 3. The van der Waals surface area contributed by atoms with Gasteiger partial charge in [-0.3, -0.25) is 0 Å². The third-order valence-electron chi connectivity index (χ3n) is 4.39. The summed E-state index contributed by atoms with van der Waals surface area (Å²) in [5.74, 6) is -0.285. The first-order valence-corrected chi connectivity index (χ1v) is 9.37. The van der Waals surface area contributed by atoms with Crippen LogP contribution in [0.5, 0.6) is 0 Å². The third-order valence-corrected chi connectivity index (χ3v) is 4.64. The lowest BCUT2D eigenvalue weighted by atomic mass is 10.1. The Hall–Kier alpha value is -3.57. The van der Waals surface area contributed by atoms with E-state index in [1.807, 2.05) is 54.6 Å². The summed E-state index contributed by atoms with van der Waals surface area (Å²) in [4.78, 5) is 4.66. The minimum atomic E-state index is -0.285. The van der Waals surface area contributed by atoms with Crippen LogP contribution in [0, 0.1) is 5.82 Å². The van der Waals surface area contributed by atoms with Crippen LogP contribution in [0.3, 0.4) is 0 Å². The molecule has 0 spiro atoms. The van der Waals surface area contributed by atoms with Gasteiger partial charge in [-0.25, -0.2) is 9.37 Å². The van der Waals surface area contributed by atoms with E-state index < -0.39 is 0 Å². The van der Waals surface area contributed by atoms with Crippen LogP contribution >= 0.6 is 11.6 Å². The molecular weight excluding hydrogens is 387 g/mol. The molecule has 6 heteroatoms. The maximum atomic E-state index is 13.0. The quantitative estimate of drug-likeness (QED) is 0.374. The predicted octanol–water partition coefficient (Wildman–Crippen LogP) is 6.14. The second-order valence-corrected chi connectivity index (χ2v) is 6.89. The topological polar surface area (TPSA) is 63.0 Å². The SMILES string of the molecule is N/C(=C\Nc1ccc(F)cc1)c1ccc2c(Nc3ccc(Cl)cc3)cccc2n1. The molecule has 144 valence electrons. The molecule has 0 radical (unpaired) electrons. The molecule has 0 aliphatic carbocycles. The van der Waals surface area contributed by atoms with Crippen molar-refractivity contribution in [2.24, 2.45) is 5.73 Å². The van der Waals surface area contributed by atoms with Crippen LogP contribution in [0.1, 0.15) is 5.69 Å². The van der Waals surface area contributed by atoms with Crippen LogP contribution in [0.25, 0.3) is 16.6 Å². The molecule has 4 rings (SSSR count). The normalized spacial score (nSPS) is 11.4. The summed E-state index contributed by atoms with van der Waals surface area (Å²) in [5.41, 5.74) is 10.7. The Labute approximate surface area is 172 Å². The summed E-state index contributed by atoms with van der Waals surface area (Å²) in [6, 6.07) is 23.3. The number of anilines is 3. The standard InChI is InChI=1S/C23H18ClFN4/c24-15-4-8-18(9-5-15)28-21-2-1-3-22-19(21)12-13-23(29-22)20(26)14-27-17-10-6-16(25)7-11-17/h1-14,27-28H,26H2/b20-14-. The number of hydrogen-bond acceptors (Lipinski definition) is 4. The van der Waals surface area contributed by atoms with Crippen molar-refractivity contribution < 1.29 is 4.39 Å². The second kappa shape index (κ2) is 8.20. The van der Waals surface area contributed by atoms with Gasteiger partial charge in [0, 0.05) is 33.7 Å². The van der Waals surface area contributed by atoms with Crippen LogP contribution in [0.4, 0.5) is 21.5 Å². The molecule has 0 atom stereocenters. The van der Waals surface area contributed by atoms with Gasteiger partial charge in [0.1, 0.15) is 5.82 Å². The number of nitrogens with two attached hydrogens (primary N) is 1. The van der Waals surface area contributed by atoms with Crippen molar-refractivity contribution >= 4 is 45.3 Å². The molecule has 0 saturated carbocycles. The fraction of sp³-hybridized carbons (Fsp3) is 0. The molecule has 0 bridgehead atoms. The molecule has 29 heavy (non-hydrogen) atoms. The highest BCUT2D eigenvalue weighted by atomic mass is 35.5. The average Bonchev–Trinajstić information content (AvgIpc) is 2.74. The number of nitrogens with zero attached hydrogens (tertiary/aromatic N) is 1. The van der Waals surface area contributed by atoms with Gasteiger partial charge >= 0.3 is 0 Å². The van der Waals surface area contributed by atoms with E-state index in [1.165, 1.54) is 12.1 Å². The molecule has 0 aliphatic heterocycles. The van der Waals surface area contributed by atoms with E-state index in [0.29, 0.717) is 16.4 Å². The first-order chi connectivity index (χ1) is 14.1. The van der Waals surface area contributed by atoms with Gasteiger partial charge in [0.2, 0.25) is 0 Å². The smallest absolute Gasteiger partial charge is 0.123 e. The van der Waals surface area contributed by atoms with E-state index in [-0.39, 0.29) is 5.82 Å². The maximum absolute atomic E-state index is 13.0. The Morgan fingerprint density at radius 3 is 2.38 bits per heavy atom. The molecule has 4 nitrogen and oxygen atoms in total. The minimum Gasteiger partial charge on any atom is -0.396 e. The van der Waals surface area contributed by atoms with Crippen molar-refractivity contribution in [2.45, 2.75) is 0 Å². The third kappa shape index (κ3) is 4.47. The molecule has 0 amide bonds. The molecule has 1 aromatic heterocycles. The van der Waals surface area contributed by atoms with Crippen molar-refractivity contribution in [3.8, 4) is 0 Å². The van der Waals surface area contributed by atoms with Crippen molar-refractivity contribution in [1.29, 1.82) is 0 Å². The second-order valence-electron chi connectivity index (χ2n) is 6.45. The summed E-state index contributed by atoms with van der Waals surface area (Å²) in [6.45, 7) is 0. The zero-order chi connectivity index (χ0) is 20.2. The fourth-order valence-electron chi connectivity index (χ4n) is 2.89. The molecule has 1 heterocycles. The molecule has 0 saturated heterocycles. The summed E-state index contributed by atoms with van der Waals surface area (Å²) < 4.78 is 13.0. The summed E-state index contributed by atoms with van der Waals surface area (Å²) in [5, 5.41) is 8.10. The van der Waals surface area contributed by atoms with E-state index >= 15 is 0 Å². The Morgan fingerprint density at radius 2 is 1.62 bits per heavy atom. The van der Waals surface area contributed by atoms with Gasteiger partial charge in [-0.2, -0.15) is 0 Å². The predicted molar refractivity (Wildman–Crippen MR) is 119 cm³/mol. The monoisotopic (exact) mass is 404 g/mol. The van der Waals surface area contributed by atoms with E-state index in [1.54, 1.807) is 18.3 Å². The largest absolute Gasteiger partial charge is 0.396 e. The number of halogens is 2. The van der Waals surface area contributed by atoms with Gasteiger partial charge in [0.15, 0.2) is 0 Å². The highest BCUT2D eigenvalue weighted by molar-refractivity contribution is 6.30. The van der Waals surface area contributed by atoms with Gasteiger partial charge in [-0.1, -0.05) is 17.7 Å². The van der Waals surface area contributed by atoms with Gasteiger partial charge in [0.25, 0.3) is 0 Å². The Kier molecular flexibility index (Phi) is 5.31. The first kappa shape index (κ1) is 18.8. The summed E-state index contributed by atoms with van der Waals surface area (Å²) in [6.07, 6.45) is 1.65. The number of rotatable bonds is 5. The molecule has 0 unspecified atom stereocenters. The summed E-state index contributed by atoms with van der Waals surface area (Å²) >= 11 is 5.95. The van der Waals surface area contributed by atoms with E-state index in [4.69, 9.17) is 17.3 Å². The van der Waals surface area contributed by atoms with E-state index in [0.717, 1.165) is 28.0 Å². The minimum absolute atomic E-state index is 0.285. The lowest BCUT2D eigenvalue weighted by Gasteiger charge is -2.11. The maximum Gasteiger partial charge on any atom is 0.123 e. The summed E-state index contributed by atoms with van der Waals surface area (Å²) in [7, 11) is 0. The Morgan fingerprint density at radius 1 is 0.897 bits per heavy atom. The highest BCUT2D eigenvalue weighted by Gasteiger charge is 2.06. The van der Waals surface area contributed by atoms with Gasteiger partial charge in [0.05, 0.1) is 16.9 Å². The van der Waals surface area contributed by atoms with Crippen molar-refractivity contribution in [3.05, 3.63) is 102 Å². The molecular formula is C23H18ClFN4. The number of aromatic nitrogens is 1. The molecule has 3 aromatic carbocycles. The van der Waals surface area contributed by atoms with Gasteiger partial charge in [-0.05, 0) is 72.8 Å². The van der Waals surface area contributed by atoms with Crippen LogP contribution in [0.15, 0.2) is 85.1 Å².